The fourth-order valence-electron chi connectivity index (χ4n) is 0.646. The number of aliphatic carboxylic acids is 2. The van der Waals surface area contributed by atoms with Gasteiger partial charge in [0, 0.05) is 6.42 Å². The second-order valence-electron chi connectivity index (χ2n) is 2.44. The van der Waals surface area contributed by atoms with Crippen molar-refractivity contribution < 1.29 is 19.8 Å². The van der Waals surface area contributed by atoms with Crippen LogP contribution in [-0.4, -0.2) is 28.2 Å². The molecule has 6 heteroatoms. The van der Waals surface area contributed by atoms with Gasteiger partial charge in [-0.3, -0.25) is 9.59 Å². The highest BCUT2D eigenvalue weighted by Crippen LogP contribution is 2.05. The minimum absolute atomic E-state index is 0. The van der Waals surface area contributed by atoms with Crippen molar-refractivity contribution in [3.05, 3.63) is 0 Å². The monoisotopic (exact) mass is 197 g/mol. The van der Waals surface area contributed by atoms with Crippen molar-refractivity contribution >= 4 is 24.3 Å². The summed E-state index contributed by atoms with van der Waals surface area (Å²) in [5.74, 6) is -2.74. The first-order chi connectivity index (χ1) is 4.95. The lowest BCUT2D eigenvalue weighted by Crippen LogP contribution is -2.37. The molecule has 12 heavy (non-hydrogen) atoms. The zero-order chi connectivity index (χ0) is 9.02. The van der Waals surface area contributed by atoms with Crippen LogP contribution in [0.2, 0.25) is 0 Å². The molecule has 2 atom stereocenters. The second-order valence-corrected chi connectivity index (χ2v) is 2.44. The van der Waals surface area contributed by atoms with Crippen molar-refractivity contribution in [3.8, 4) is 0 Å². The summed E-state index contributed by atoms with van der Waals surface area (Å²) in [4.78, 5) is 20.3. The van der Waals surface area contributed by atoms with Crippen LogP contribution < -0.4 is 5.73 Å². The Balaban J connectivity index is 0. The van der Waals surface area contributed by atoms with E-state index in [0.29, 0.717) is 0 Å². The summed E-state index contributed by atoms with van der Waals surface area (Å²) in [5, 5.41) is 16.6. The standard InChI is InChI=1S/C6H11NO4.ClH/c1-3(2-4(8)9)5(7)6(10)11;/h3,5H,2,7H2,1H3,(H,8,9)(H,10,11);1H/t3-,5+;/m1./s1. The highest BCUT2D eigenvalue weighted by atomic mass is 35.5. The van der Waals surface area contributed by atoms with E-state index in [9.17, 15) is 9.59 Å². The Kier molecular flexibility index (Phi) is 6.64. The lowest BCUT2D eigenvalue weighted by molar-refractivity contribution is -0.141. The number of hydrogen-bond acceptors (Lipinski definition) is 3. The van der Waals surface area contributed by atoms with E-state index in [1.807, 2.05) is 0 Å². The third-order valence-corrected chi connectivity index (χ3v) is 1.39. The summed E-state index contributed by atoms with van der Waals surface area (Å²) in [6, 6.07) is -1.09. The van der Waals surface area contributed by atoms with E-state index in [1.165, 1.54) is 6.92 Å². The number of carboxylic acid groups (broad SMARTS) is 2. The molecule has 0 bridgehead atoms. The zero-order valence-corrected chi connectivity index (χ0v) is 7.37. The average Bonchev–Trinajstić information content (AvgIpc) is 1.84. The third kappa shape index (κ3) is 4.92. The summed E-state index contributed by atoms with van der Waals surface area (Å²) in [6.07, 6.45) is -0.215. The molecule has 0 aromatic carbocycles. The molecule has 4 N–H and O–H groups in total. The largest absolute Gasteiger partial charge is 0.481 e. The van der Waals surface area contributed by atoms with E-state index in [-0.39, 0.29) is 18.8 Å². The van der Waals surface area contributed by atoms with Crippen LogP contribution in [0.1, 0.15) is 13.3 Å². The summed E-state index contributed by atoms with van der Waals surface area (Å²) in [5.41, 5.74) is 5.15. The molecule has 0 aliphatic heterocycles. The van der Waals surface area contributed by atoms with Crippen molar-refractivity contribution in [2.24, 2.45) is 11.7 Å². The van der Waals surface area contributed by atoms with E-state index in [0.717, 1.165) is 0 Å². The third-order valence-electron chi connectivity index (χ3n) is 1.39. The van der Waals surface area contributed by atoms with Crippen molar-refractivity contribution in [2.75, 3.05) is 0 Å². The van der Waals surface area contributed by atoms with Gasteiger partial charge in [0.15, 0.2) is 0 Å². The van der Waals surface area contributed by atoms with Crippen LogP contribution in [0.5, 0.6) is 0 Å². The van der Waals surface area contributed by atoms with E-state index in [1.54, 1.807) is 0 Å². The first-order valence-electron chi connectivity index (χ1n) is 3.15. The number of nitrogens with two attached hydrogens (primary N) is 1. The number of carbonyl (C=O) groups is 2. The molecule has 0 rings (SSSR count). The molecule has 0 aromatic rings. The van der Waals surface area contributed by atoms with Gasteiger partial charge in [0.25, 0.3) is 0 Å². The Morgan fingerprint density at radius 1 is 1.42 bits per heavy atom. The summed E-state index contributed by atoms with van der Waals surface area (Å²) in [7, 11) is 0. The molecule has 0 aliphatic carbocycles. The molecule has 0 unspecified atom stereocenters. The molecule has 0 saturated heterocycles. The van der Waals surface area contributed by atoms with Gasteiger partial charge in [-0.25, -0.2) is 0 Å². The quantitative estimate of drug-likeness (QED) is 0.586. The minimum atomic E-state index is -1.17. The first kappa shape index (κ1) is 13.8. The molecule has 0 fully saturated rings. The predicted molar refractivity (Wildman–Crippen MR) is 44.3 cm³/mol. The van der Waals surface area contributed by atoms with Gasteiger partial charge in [-0.05, 0) is 5.92 Å². The minimum Gasteiger partial charge on any atom is -0.481 e. The lowest BCUT2D eigenvalue weighted by atomic mass is 10.00. The Bertz CT molecular complexity index is 173. The maximum atomic E-state index is 10.2. The van der Waals surface area contributed by atoms with Crippen LogP contribution in [0.25, 0.3) is 0 Å². The molecular weight excluding hydrogens is 186 g/mol. The van der Waals surface area contributed by atoms with E-state index < -0.39 is 23.9 Å². The number of halogens is 1. The molecule has 72 valence electrons. The van der Waals surface area contributed by atoms with Gasteiger partial charge >= 0.3 is 11.9 Å². The van der Waals surface area contributed by atoms with Gasteiger partial charge in [0.1, 0.15) is 6.04 Å². The average molecular weight is 198 g/mol. The highest BCUT2D eigenvalue weighted by Gasteiger charge is 2.21. The molecule has 0 spiro atoms. The molecule has 0 aromatic heterocycles. The molecule has 0 saturated carbocycles. The molecular formula is C6H12ClNO4. The van der Waals surface area contributed by atoms with Gasteiger partial charge in [0.05, 0.1) is 0 Å². The normalized spacial score (nSPS) is 14.2. The summed E-state index contributed by atoms with van der Waals surface area (Å²) >= 11 is 0. The van der Waals surface area contributed by atoms with Gasteiger partial charge in [-0.15, -0.1) is 12.4 Å². The van der Waals surface area contributed by atoms with E-state index in [4.69, 9.17) is 15.9 Å². The Morgan fingerprint density at radius 2 is 1.83 bits per heavy atom. The van der Waals surface area contributed by atoms with Crippen molar-refractivity contribution in [1.82, 2.24) is 0 Å². The van der Waals surface area contributed by atoms with Crippen LogP contribution in [0.3, 0.4) is 0 Å². The maximum absolute atomic E-state index is 10.2. The summed E-state index contributed by atoms with van der Waals surface area (Å²) in [6.45, 7) is 1.49. The number of carboxylic acids is 2. The summed E-state index contributed by atoms with van der Waals surface area (Å²) < 4.78 is 0. The topological polar surface area (TPSA) is 101 Å². The predicted octanol–water partition coefficient (Wildman–Crippen LogP) is -0.0691. The van der Waals surface area contributed by atoms with Crippen molar-refractivity contribution in [2.45, 2.75) is 19.4 Å². The van der Waals surface area contributed by atoms with E-state index >= 15 is 0 Å². The maximum Gasteiger partial charge on any atom is 0.320 e. The van der Waals surface area contributed by atoms with Crippen LogP contribution in [0.4, 0.5) is 0 Å². The van der Waals surface area contributed by atoms with Crippen molar-refractivity contribution in [1.29, 1.82) is 0 Å². The molecule has 0 radical (unpaired) electrons. The number of hydrogen-bond donors (Lipinski definition) is 3. The zero-order valence-electron chi connectivity index (χ0n) is 6.56. The van der Waals surface area contributed by atoms with Crippen molar-refractivity contribution in [3.63, 3.8) is 0 Å². The van der Waals surface area contributed by atoms with Crippen LogP contribution in [-0.2, 0) is 9.59 Å². The Labute approximate surface area is 76.0 Å². The highest BCUT2D eigenvalue weighted by molar-refractivity contribution is 5.85. The van der Waals surface area contributed by atoms with Crippen LogP contribution in [0, 0.1) is 5.92 Å². The smallest absolute Gasteiger partial charge is 0.320 e. The Morgan fingerprint density at radius 3 is 2.08 bits per heavy atom. The molecule has 5 nitrogen and oxygen atoms in total. The molecule has 0 amide bonds. The van der Waals surface area contributed by atoms with Gasteiger partial charge < -0.3 is 15.9 Å². The Hall–Kier alpha value is -0.810. The number of rotatable bonds is 4. The van der Waals surface area contributed by atoms with Gasteiger partial charge in [-0.1, -0.05) is 6.92 Å². The fraction of sp³-hybridized carbons (Fsp3) is 0.667. The molecule has 0 heterocycles. The fourth-order valence-corrected chi connectivity index (χ4v) is 0.646. The SMILES string of the molecule is C[C@H](CC(=O)O)[C@H](N)C(=O)O.Cl. The molecule has 0 aliphatic rings. The van der Waals surface area contributed by atoms with Crippen LogP contribution in [0.15, 0.2) is 0 Å². The first-order valence-corrected chi connectivity index (χ1v) is 3.15. The van der Waals surface area contributed by atoms with Gasteiger partial charge in [-0.2, -0.15) is 0 Å². The lowest BCUT2D eigenvalue weighted by Gasteiger charge is -2.12. The van der Waals surface area contributed by atoms with Crippen LogP contribution >= 0.6 is 12.4 Å². The van der Waals surface area contributed by atoms with Gasteiger partial charge in [0.2, 0.25) is 0 Å². The second kappa shape index (κ2) is 5.79. The van der Waals surface area contributed by atoms with E-state index in [2.05, 4.69) is 0 Å².